The minimum atomic E-state index is -3.25. The van der Waals surface area contributed by atoms with Gasteiger partial charge in [-0.1, -0.05) is 51.1 Å². The molecule has 6 heteroatoms. The van der Waals surface area contributed by atoms with Crippen molar-refractivity contribution in [3.63, 3.8) is 0 Å². The van der Waals surface area contributed by atoms with Crippen LogP contribution in [0.4, 0.5) is 0 Å². The first-order valence-corrected chi connectivity index (χ1v) is 9.13. The molecule has 1 unspecified atom stereocenters. The molecule has 1 heterocycles. The number of hydrogen-bond acceptors (Lipinski definition) is 3. The maximum atomic E-state index is 12.3. The average molecular weight is 324 g/mol. The summed E-state index contributed by atoms with van der Waals surface area (Å²) in [6.07, 6.45) is 0.594. The molecule has 0 bridgehead atoms. The highest BCUT2D eigenvalue weighted by Gasteiger charge is 2.32. The lowest BCUT2D eigenvalue weighted by atomic mass is 9.82. The number of nitrogens with zero attached hydrogens (tertiary/aromatic N) is 1. The molecular formula is C16H24N2O3S. The third kappa shape index (κ3) is 4.08. The van der Waals surface area contributed by atoms with E-state index in [1.54, 1.807) is 0 Å². The van der Waals surface area contributed by atoms with Crippen molar-refractivity contribution in [2.24, 2.45) is 5.41 Å². The Balaban J connectivity index is 2.10. The fourth-order valence-corrected chi connectivity index (χ4v) is 4.15. The molecule has 1 amide bonds. The van der Waals surface area contributed by atoms with Gasteiger partial charge in [-0.3, -0.25) is 4.79 Å². The Kier molecular flexibility index (Phi) is 4.92. The van der Waals surface area contributed by atoms with Gasteiger partial charge in [-0.2, -0.15) is 4.31 Å². The molecule has 22 heavy (non-hydrogen) atoms. The zero-order valence-electron chi connectivity index (χ0n) is 13.4. The molecular weight excluding hydrogens is 300 g/mol. The van der Waals surface area contributed by atoms with Crippen LogP contribution in [-0.2, 0) is 14.8 Å². The summed E-state index contributed by atoms with van der Waals surface area (Å²) in [7, 11) is -3.25. The normalized spacial score (nSPS) is 19.8. The van der Waals surface area contributed by atoms with E-state index in [0.717, 1.165) is 5.56 Å². The molecule has 1 saturated heterocycles. The molecule has 5 nitrogen and oxygen atoms in total. The van der Waals surface area contributed by atoms with E-state index in [9.17, 15) is 13.2 Å². The quantitative estimate of drug-likeness (QED) is 0.920. The third-order valence-electron chi connectivity index (χ3n) is 3.83. The lowest BCUT2D eigenvalue weighted by molar-refractivity contribution is -0.122. The molecule has 2 rings (SSSR count). The van der Waals surface area contributed by atoms with Crippen LogP contribution in [0.3, 0.4) is 0 Å². The van der Waals surface area contributed by atoms with Crippen LogP contribution in [0.25, 0.3) is 0 Å². The number of hydrogen-bond donors (Lipinski definition) is 1. The molecule has 0 saturated carbocycles. The molecule has 1 aliphatic heterocycles. The average Bonchev–Trinajstić information content (AvgIpc) is 2.75. The van der Waals surface area contributed by atoms with Crippen LogP contribution in [0.1, 0.15) is 38.8 Å². The van der Waals surface area contributed by atoms with Crippen LogP contribution in [-0.4, -0.2) is 37.5 Å². The predicted molar refractivity (Wildman–Crippen MR) is 86.8 cm³/mol. The second-order valence-corrected chi connectivity index (χ2v) is 8.87. The molecule has 0 radical (unpaired) electrons. The molecule has 0 aliphatic carbocycles. The van der Waals surface area contributed by atoms with Gasteiger partial charge in [0.05, 0.1) is 18.3 Å². The first-order chi connectivity index (χ1) is 10.2. The summed E-state index contributed by atoms with van der Waals surface area (Å²) in [5.41, 5.74) is 0.855. The number of rotatable bonds is 4. The Bertz CT molecular complexity index is 621. The summed E-state index contributed by atoms with van der Waals surface area (Å²) in [5.74, 6) is -0.115. The number of carbonyl (C=O) groups excluding carboxylic acids is 1. The maximum absolute atomic E-state index is 12.3. The smallest absolute Gasteiger partial charge is 0.235 e. The van der Waals surface area contributed by atoms with Crippen molar-refractivity contribution in [3.8, 4) is 0 Å². The molecule has 0 spiro atoms. The van der Waals surface area contributed by atoms with Gasteiger partial charge in [-0.05, 0) is 17.4 Å². The summed E-state index contributed by atoms with van der Waals surface area (Å²) < 4.78 is 24.9. The molecule has 1 aromatic rings. The standard InChI is InChI=1S/C16H24N2O3S/c1-16(2,3)15(13-8-5-4-6-9-13)17-14(19)12-18-10-7-11-22(18,20)21/h4-6,8-9,15H,7,10-12H2,1-3H3,(H,17,19). The molecule has 122 valence electrons. The Morgan fingerprint density at radius 1 is 1.27 bits per heavy atom. The first kappa shape index (κ1) is 17.0. The lowest BCUT2D eigenvalue weighted by Gasteiger charge is -2.32. The highest BCUT2D eigenvalue weighted by atomic mass is 32.2. The Hall–Kier alpha value is -1.40. The molecule has 1 aromatic carbocycles. The Morgan fingerprint density at radius 3 is 2.41 bits per heavy atom. The SMILES string of the molecule is CC(C)(C)C(NC(=O)CN1CCCS1(=O)=O)c1ccccc1. The van der Waals surface area contributed by atoms with Crippen molar-refractivity contribution in [2.45, 2.75) is 33.2 Å². The van der Waals surface area contributed by atoms with Crippen molar-refractivity contribution in [3.05, 3.63) is 35.9 Å². The summed E-state index contributed by atoms with van der Waals surface area (Å²) in [6.45, 7) is 6.50. The van der Waals surface area contributed by atoms with Crippen LogP contribution in [0.2, 0.25) is 0 Å². The maximum Gasteiger partial charge on any atom is 0.235 e. The van der Waals surface area contributed by atoms with Gasteiger partial charge in [0.2, 0.25) is 15.9 Å². The zero-order valence-corrected chi connectivity index (χ0v) is 14.2. The number of carbonyl (C=O) groups is 1. The Morgan fingerprint density at radius 2 is 1.91 bits per heavy atom. The summed E-state index contributed by atoms with van der Waals surface area (Å²) in [4.78, 5) is 12.3. The van der Waals surface area contributed by atoms with Crippen molar-refractivity contribution < 1.29 is 13.2 Å². The molecule has 1 fully saturated rings. The lowest BCUT2D eigenvalue weighted by Crippen LogP contribution is -2.43. The monoisotopic (exact) mass is 324 g/mol. The fraction of sp³-hybridized carbons (Fsp3) is 0.562. The number of nitrogens with one attached hydrogen (secondary N) is 1. The van der Waals surface area contributed by atoms with E-state index in [1.807, 2.05) is 30.3 Å². The highest BCUT2D eigenvalue weighted by molar-refractivity contribution is 7.89. The van der Waals surface area contributed by atoms with Gasteiger partial charge in [0.25, 0.3) is 0 Å². The van der Waals surface area contributed by atoms with E-state index in [2.05, 4.69) is 26.1 Å². The van der Waals surface area contributed by atoms with Crippen LogP contribution >= 0.6 is 0 Å². The predicted octanol–water partition coefficient (Wildman–Crippen LogP) is 1.93. The summed E-state index contributed by atoms with van der Waals surface area (Å²) in [6, 6.07) is 9.59. The van der Waals surface area contributed by atoms with Gasteiger partial charge >= 0.3 is 0 Å². The fourth-order valence-electron chi connectivity index (χ4n) is 2.68. The Labute approximate surface area is 132 Å². The number of amides is 1. The molecule has 1 aliphatic rings. The summed E-state index contributed by atoms with van der Waals surface area (Å²) in [5, 5.41) is 2.99. The van der Waals surface area contributed by atoms with E-state index in [-0.39, 0.29) is 29.7 Å². The van der Waals surface area contributed by atoms with E-state index < -0.39 is 10.0 Å². The van der Waals surface area contributed by atoms with Crippen molar-refractivity contribution in [1.29, 1.82) is 0 Å². The van der Waals surface area contributed by atoms with Gasteiger partial charge in [0.15, 0.2) is 0 Å². The molecule has 1 atom stereocenters. The minimum absolute atomic E-state index is 0.0955. The second-order valence-electron chi connectivity index (χ2n) is 6.78. The highest BCUT2D eigenvalue weighted by Crippen LogP contribution is 2.32. The van der Waals surface area contributed by atoms with Crippen molar-refractivity contribution in [1.82, 2.24) is 9.62 Å². The largest absolute Gasteiger partial charge is 0.348 e. The van der Waals surface area contributed by atoms with E-state index >= 15 is 0 Å². The van der Waals surface area contributed by atoms with Crippen LogP contribution in [0.5, 0.6) is 0 Å². The van der Waals surface area contributed by atoms with Gasteiger partial charge in [0.1, 0.15) is 0 Å². The molecule has 1 N–H and O–H groups in total. The van der Waals surface area contributed by atoms with E-state index in [0.29, 0.717) is 13.0 Å². The van der Waals surface area contributed by atoms with Gasteiger partial charge in [0, 0.05) is 6.54 Å². The van der Waals surface area contributed by atoms with Gasteiger partial charge < -0.3 is 5.32 Å². The summed E-state index contributed by atoms with van der Waals surface area (Å²) >= 11 is 0. The van der Waals surface area contributed by atoms with E-state index in [4.69, 9.17) is 0 Å². The third-order valence-corrected chi connectivity index (χ3v) is 5.73. The van der Waals surface area contributed by atoms with Crippen molar-refractivity contribution in [2.75, 3.05) is 18.8 Å². The number of benzene rings is 1. The molecule has 0 aromatic heterocycles. The topological polar surface area (TPSA) is 66.5 Å². The van der Waals surface area contributed by atoms with Gasteiger partial charge in [-0.25, -0.2) is 8.42 Å². The van der Waals surface area contributed by atoms with Crippen LogP contribution in [0, 0.1) is 5.41 Å². The van der Waals surface area contributed by atoms with E-state index in [1.165, 1.54) is 4.31 Å². The number of sulfonamides is 1. The van der Waals surface area contributed by atoms with Crippen molar-refractivity contribution >= 4 is 15.9 Å². The zero-order chi connectivity index (χ0) is 16.4. The van der Waals surface area contributed by atoms with Crippen LogP contribution < -0.4 is 5.32 Å². The van der Waals surface area contributed by atoms with Crippen LogP contribution in [0.15, 0.2) is 30.3 Å². The second kappa shape index (κ2) is 6.38. The van der Waals surface area contributed by atoms with Gasteiger partial charge in [-0.15, -0.1) is 0 Å². The minimum Gasteiger partial charge on any atom is -0.348 e. The first-order valence-electron chi connectivity index (χ1n) is 7.52.